The number of benzene rings is 3. The van der Waals surface area contributed by atoms with Crippen LogP contribution in [0.3, 0.4) is 0 Å². The third kappa shape index (κ3) is 6.22. The van der Waals surface area contributed by atoms with Gasteiger partial charge < -0.3 is 0 Å². The van der Waals surface area contributed by atoms with E-state index < -0.39 is 0 Å². The van der Waals surface area contributed by atoms with E-state index in [9.17, 15) is 0 Å². The van der Waals surface area contributed by atoms with Crippen LogP contribution in [0.1, 0.15) is 105 Å². The fourth-order valence-corrected chi connectivity index (χ4v) is 8.85. The summed E-state index contributed by atoms with van der Waals surface area (Å²) in [7, 11) is 0. The number of rotatable bonds is 6. The molecule has 6 rings (SSSR count). The first-order chi connectivity index (χ1) is 21.9. The van der Waals surface area contributed by atoms with Gasteiger partial charge in [-0.3, -0.25) is 0 Å². The second kappa shape index (κ2) is 13.7. The molecule has 3 aliphatic carbocycles. The van der Waals surface area contributed by atoms with Crippen LogP contribution in [-0.4, -0.2) is 3.21 Å². The zero-order valence-corrected chi connectivity index (χ0v) is 32.0. The molecule has 3 aromatic rings. The number of hydrogen-bond donors (Lipinski definition) is 0. The molecule has 0 nitrogen and oxygen atoms in total. The van der Waals surface area contributed by atoms with Gasteiger partial charge in [0.05, 0.1) is 0 Å². The molecule has 236 valence electrons. The first-order valence-electron chi connectivity index (χ1n) is 17.2. The fourth-order valence-electron chi connectivity index (χ4n) is 8.03. The molecule has 1 atom stereocenters. The van der Waals surface area contributed by atoms with E-state index in [2.05, 4.69) is 165 Å². The Morgan fingerprint density at radius 1 is 0.804 bits per heavy atom. The van der Waals surface area contributed by atoms with Gasteiger partial charge in [0.1, 0.15) is 0 Å². The van der Waals surface area contributed by atoms with Crippen molar-refractivity contribution in [2.45, 2.75) is 93.4 Å². The Hall–Kier alpha value is -2.89. The van der Waals surface area contributed by atoms with Gasteiger partial charge in [0, 0.05) is 0 Å². The van der Waals surface area contributed by atoms with Gasteiger partial charge in [-0.15, -0.1) is 33.7 Å². The maximum absolute atomic E-state index is 3.99. The third-order valence-corrected chi connectivity index (χ3v) is 11.7. The Morgan fingerprint density at radius 3 is 1.87 bits per heavy atom. The van der Waals surface area contributed by atoms with Gasteiger partial charge in [-0.05, 0) is 41.9 Å². The molecule has 0 heterocycles. The van der Waals surface area contributed by atoms with E-state index in [-0.39, 0.29) is 16.2 Å². The van der Waals surface area contributed by atoms with E-state index in [1.807, 2.05) is 0 Å². The van der Waals surface area contributed by atoms with E-state index in [0.29, 0.717) is 0 Å². The van der Waals surface area contributed by atoms with E-state index in [0.717, 1.165) is 25.7 Å². The predicted octanol–water partition coefficient (Wildman–Crippen LogP) is 10.4. The molecule has 0 radical (unpaired) electrons. The third-order valence-electron chi connectivity index (χ3n) is 10.3. The van der Waals surface area contributed by atoms with Crippen molar-refractivity contribution in [3.05, 3.63) is 152 Å². The summed E-state index contributed by atoms with van der Waals surface area (Å²) in [5.74, 6) is 0. The number of hydrogen-bond acceptors (Lipinski definition) is 0. The van der Waals surface area contributed by atoms with Crippen LogP contribution in [0.25, 0.3) is 11.6 Å². The van der Waals surface area contributed by atoms with Crippen molar-refractivity contribution < 1.29 is 24.2 Å². The predicted molar refractivity (Wildman–Crippen MR) is 196 cm³/mol. The Morgan fingerprint density at radius 2 is 1.41 bits per heavy atom. The summed E-state index contributed by atoms with van der Waals surface area (Å²) >= 11 is 1.46. The van der Waals surface area contributed by atoms with Crippen LogP contribution >= 0.6 is 0 Å². The topological polar surface area (TPSA) is 0 Å². The van der Waals surface area contributed by atoms with Gasteiger partial charge in [-0.25, -0.2) is 0 Å². The van der Waals surface area contributed by atoms with Crippen LogP contribution in [0, 0.1) is 10.8 Å². The molecule has 3 aromatic carbocycles. The number of allylic oxidation sites excluding steroid dienone is 8. The molecule has 1 heteroatoms. The number of fused-ring (bicyclic) bond motifs is 2. The summed E-state index contributed by atoms with van der Waals surface area (Å²) in [5.41, 5.74) is 13.5. The molecule has 0 saturated carbocycles. The van der Waals surface area contributed by atoms with Crippen LogP contribution in [0.5, 0.6) is 0 Å². The molecular formula is C45H51Zr-. The van der Waals surface area contributed by atoms with E-state index in [1.54, 1.807) is 16.7 Å². The first kappa shape index (κ1) is 34.4. The molecule has 0 aromatic heterocycles. The standard InChI is InChI=1S/C32H41.C13H10.Zr/c1-10-24-27(11-2)32(12-3,31(7,8)9)29(21-15-13-14-16-21)26-20-22-19-23(30(4,5)6)17-18-25(22)28(24)26;1-3-7-12(8-4-1)11-13-9-5-2-6-10-13;/h13-15,17-19H,10-12,16H2,1-9H3;1-10H;/q-1;;. The average Bonchev–Trinajstić information content (AvgIpc) is 3.71. The first-order valence-corrected chi connectivity index (χ1v) is 18.4. The summed E-state index contributed by atoms with van der Waals surface area (Å²) in [4.78, 5) is 0. The van der Waals surface area contributed by atoms with Gasteiger partial charge >= 0.3 is 99.2 Å². The Kier molecular flexibility index (Phi) is 10.3. The second-order valence-corrected chi connectivity index (χ2v) is 16.1. The average molecular weight is 683 g/mol. The zero-order chi connectivity index (χ0) is 33.3. The molecular weight excluding hydrogens is 632 g/mol. The summed E-state index contributed by atoms with van der Waals surface area (Å²) in [5, 5.41) is 2.67. The van der Waals surface area contributed by atoms with Crippen molar-refractivity contribution >= 4 is 14.9 Å². The van der Waals surface area contributed by atoms with Crippen molar-refractivity contribution in [3.8, 4) is 0 Å². The van der Waals surface area contributed by atoms with Crippen LogP contribution < -0.4 is 10.4 Å². The monoisotopic (exact) mass is 681 g/mol. The van der Waals surface area contributed by atoms with E-state index >= 15 is 0 Å². The van der Waals surface area contributed by atoms with Crippen LogP contribution in [0.4, 0.5) is 0 Å². The van der Waals surface area contributed by atoms with Crippen molar-refractivity contribution in [2.75, 3.05) is 0 Å². The SMILES string of the molecule is CCC1=C(CC)C(CC)(C(C)(C)C)C(C2=CC=CC2)=C2[C-]=c3cc(C(C)(C)C)ccc3=C21.[Zr]=[C](c1ccccc1)c1ccccc1. The summed E-state index contributed by atoms with van der Waals surface area (Å²) in [6.45, 7) is 21.4. The molecule has 0 spiro atoms. The molecule has 0 saturated heterocycles. The molecule has 1 unspecified atom stereocenters. The van der Waals surface area contributed by atoms with Crippen molar-refractivity contribution in [2.24, 2.45) is 10.8 Å². The van der Waals surface area contributed by atoms with Crippen molar-refractivity contribution in [1.82, 2.24) is 0 Å². The molecule has 0 fully saturated rings. The van der Waals surface area contributed by atoms with Gasteiger partial charge in [0.25, 0.3) is 0 Å². The van der Waals surface area contributed by atoms with E-state index in [4.69, 9.17) is 0 Å². The van der Waals surface area contributed by atoms with Crippen molar-refractivity contribution in [3.63, 3.8) is 0 Å². The van der Waals surface area contributed by atoms with Crippen LogP contribution in [0.15, 0.2) is 125 Å². The quantitative estimate of drug-likeness (QED) is 0.227. The van der Waals surface area contributed by atoms with Gasteiger partial charge in [0.15, 0.2) is 0 Å². The molecule has 0 aliphatic heterocycles. The normalized spacial score (nSPS) is 18.9. The molecule has 3 aliphatic rings. The second-order valence-electron chi connectivity index (χ2n) is 14.9. The zero-order valence-electron chi connectivity index (χ0n) is 29.6. The van der Waals surface area contributed by atoms with Crippen LogP contribution in [0.2, 0.25) is 0 Å². The fraction of sp³-hybridized carbons (Fsp3) is 0.356. The summed E-state index contributed by atoms with van der Waals surface area (Å²) in [6, 6.07) is 28.2. The van der Waals surface area contributed by atoms with Gasteiger partial charge in [-0.1, -0.05) is 121 Å². The van der Waals surface area contributed by atoms with Gasteiger partial charge in [0.2, 0.25) is 0 Å². The minimum absolute atomic E-state index is 0.0334. The Labute approximate surface area is 293 Å². The van der Waals surface area contributed by atoms with Crippen LogP contribution in [-0.2, 0) is 29.7 Å². The molecule has 0 amide bonds. The Bertz CT molecular complexity index is 1820. The maximum atomic E-state index is 3.99. The minimum atomic E-state index is 0.0334. The molecule has 46 heavy (non-hydrogen) atoms. The summed E-state index contributed by atoms with van der Waals surface area (Å²) < 4.78 is 1.42. The van der Waals surface area contributed by atoms with Crippen molar-refractivity contribution in [1.29, 1.82) is 0 Å². The molecule has 0 N–H and O–H groups in total. The Balaban J connectivity index is 0.000000247. The molecule has 0 bridgehead atoms. The van der Waals surface area contributed by atoms with E-state index in [1.165, 1.54) is 71.3 Å². The van der Waals surface area contributed by atoms with Gasteiger partial charge in [-0.2, -0.15) is 0 Å². The summed E-state index contributed by atoms with van der Waals surface area (Å²) in [6.07, 6.45) is 15.3.